The number of fused-ring (bicyclic) bond motifs is 2. The number of nitrogens with zero attached hydrogens (tertiary/aromatic N) is 2. The lowest BCUT2D eigenvalue weighted by molar-refractivity contribution is -0.115. The van der Waals surface area contributed by atoms with Crippen LogP contribution in [-0.2, 0) is 4.79 Å². The number of halogens is 1. The van der Waals surface area contributed by atoms with Crippen LogP contribution in [0, 0.1) is 0 Å². The maximum Gasteiger partial charge on any atom is 0.242 e. The molecule has 0 N–H and O–H groups in total. The summed E-state index contributed by atoms with van der Waals surface area (Å²) in [5, 5.41) is 1.45. The van der Waals surface area contributed by atoms with Gasteiger partial charge in [0.05, 0.1) is 22.2 Å². The topological polar surface area (TPSA) is 33.2 Å². The van der Waals surface area contributed by atoms with Crippen molar-refractivity contribution in [3.63, 3.8) is 0 Å². The van der Waals surface area contributed by atoms with Gasteiger partial charge >= 0.3 is 0 Å². The Labute approximate surface area is 159 Å². The van der Waals surface area contributed by atoms with Crippen molar-refractivity contribution in [2.75, 3.05) is 10.7 Å². The Balaban J connectivity index is 1.68. The standard InChI is InChI=1S/C19H13ClN2OS2/c20-13-8-9-17-15(11-13)22(14-5-1-2-6-16(14)25-17)19(23)12-24-18-7-3-4-10-21-18/h1-11H,12H2. The summed E-state index contributed by atoms with van der Waals surface area (Å²) in [6.45, 7) is 0. The Morgan fingerprint density at radius 3 is 2.68 bits per heavy atom. The first-order valence-electron chi connectivity index (χ1n) is 7.65. The quantitative estimate of drug-likeness (QED) is 0.546. The number of anilines is 2. The van der Waals surface area contributed by atoms with E-state index in [-0.39, 0.29) is 5.91 Å². The summed E-state index contributed by atoms with van der Waals surface area (Å²) in [5.41, 5.74) is 1.73. The molecule has 1 amide bonds. The SMILES string of the molecule is O=C(CSc1ccccn1)N1c2ccccc2Sc2ccc(Cl)cc21. The van der Waals surface area contributed by atoms with Crippen LogP contribution in [0.5, 0.6) is 0 Å². The van der Waals surface area contributed by atoms with Gasteiger partial charge in [0.25, 0.3) is 0 Å². The van der Waals surface area contributed by atoms with Gasteiger partial charge < -0.3 is 0 Å². The third kappa shape index (κ3) is 3.40. The van der Waals surface area contributed by atoms with E-state index in [2.05, 4.69) is 4.98 Å². The fourth-order valence-electron chi connectivity index (χ4n) is 2.63. The molecule has 0 aliphatic carbocycles. The number of carbonyl (C=O) groups is 1. The molecular formula is C19H13ClN2OS2. The highest BCUT2D eigenvalue weighted by Gasteiger charge is 2.28. The number of hydrogen-bond donors (Lipinski definition) is 0. The molecule has 6 heteroatoms. The average Bonchev–Trinajstić information content (AvgIpc) is 2.65. The molecule has 25 heavy (non-hydrogen) atoms. The number of aromatic nitrogens is 1. The van der Waals surface area contributed by atoms with E-state index >= 15 is 0 Å². The van der Waals surface area contributed by atoms with Gasteiger partial charge in [-0.25, -0.2) is 4.98 Å². The van der Waals surface area contributed by atoms with Crippen LogP contribution in [0.2, 0.25) is 5.02 Å². The zero-order valence-electron chi connectivity index (χ0n) is 13.1. The molecule has 124 valence electrons. The van der Waals surface area contributed by atoms with Gasteiger partial charge in [0, 0.05) is 21.0 Å². The Kier molecular flexibility index (Phi) is 4.70. The molecule has 0 saturated heterocycles. The summed E-state index contributed by atoms with van der Waals surface area (Å²) >= 11 is 9.27. The zero-order chi connectivity index (χ0) is 17.2. The number of amides is 1. The second-order valence-corrected chi connectivity index (χ2v) is 7.88. The average molecular weight is 385 g/mol. The molecule has 0 saturated carbocycles. The number of carbonyl (C=O) groups excluding carboxylic acids is 1. The van der Waals surface area contributed by atoms with Gasteiger partial charge in [0.1, 0.15) is 0 Å². The normalized spacial score (nSPS) is 12.4. The predicted octanol–water partition coefficient (Wildman–Crippen LogP) is 5.66. The Hall–Kier alpha value is -1.95. The van der Waals surface area contributed by atoms with Crippen LogP contribution >= 0.6 is 35.1 Å². The molecule has 0 atom stereocenters. The molecule has 2 aromatic carbocycles. The molecule has 3 nitrogen and oxygen atoms in total. The molecule has 4 rings (SSSR count). The zero-order valence-corrected chi connectivity index (χ0v) is 15.4. The van der Waals surface area contributed by atoms with Crippen LogP contribution in [-0.4, -0.2) is 16.6 Å². The van der Waals surface area contributed by atoms with Crippen molar-refractivity contribution in [3.05, 3.63) is 71.9 Å². The highest BCUT2D eigenvalue weighted by molar-refractivity contribution is 8.00. The molecule has 3 aromatic rings. The second-order valence-electron chi connectivity index (χ2n) is 5.37. The van der Waals surface area contributed by atoms with Gasteiger partial charge in [-0.1, -0.05) is 53.3 Å². The van der Waals surface area contributed by atoms with Crippen molar-refractivity contribution in [1.29, 1.82) is 0 Å². The fourth-order valence-corrected chi connectivity index (χ4v) is 4.54. The summed E-state index contributed by atoms with van der Waals surface area (Å²) in [6.07, 6.45) is 1.73. The van der Waals surface area contributed by atoms with E-state index < -0.39 is 0 Å². The van der Waals surface area contributed by atoms with Gasteiger partial charge in [-0.05, 0) is 42.5 Å². The minimum Gasteiger partial charge on any atom is -0.278 e. The lowest BCUT2D eigenvalue weighted by atomic mass is 10.2. The molecule has 1 aliphatic rings. The van der Waals surface area contributed by atoms with Gasteiger partial charge in [-0.15, -0.1) is 0 Å². The first-order valence-corrected chi connectivity index (χ1v) is 9.83. The lowest BCUT2D eigenvalue weighted by Crippen LogP contribution is -2.30. The van der Waals surface area contributed by atoms with E-state index in [4.69, 9.17) is 11.6 Å². The lowest BCUT2D eigenvalue weighted by Gasteiger charge is -2.31. The monoisotopic (exact) mass is 384 g/mol. The summed E-state index contributed by atoms with van der Waals surface area (Å²) in [7, 11) is 0. The van der Waals surface area contributed by atoms with E-state index in [1.165, 1.54) is 11.8 Å². The van der Waals surface area contributed by atoms with Crippen molar-refractivity contribution < 1.29 is 4.79 Å². The molecule has 1 aromatic heterocycles. The van der Waals surface area contributed by atoms with Gasteiger partial charge in [0.2, 0.25) is 5.91 Å². The van der Waals surface area contributed by atoms with E-state index in [9.17, 15) is 4.79 Å². The number of para-hydroxylation sites is 1. The first kappa shape index (κ1) is 16.5. The third-order valence-corrected chi connectivity index (χ3v) is 6.01. The first-order chi connectivity index (χ1) is 12.2. The van der Waals surface area contributed by atoms with Crippen molar-refractivity contribution in [2.24, 2.45) is 0 Å². The molecule has 0 unspecified atom stereocenters. The summed E-state index contributed by atoms with van der Waals surface area (Å²) in [5.74, 6) is 0.314. The van der Waals surface area contributed by atoms with Crippen molar-refractivity contribution in [2.45, 2.75) is 14.8 Å². The largest absolute Gasteiger partial charge is 0.278 e. The molecule has 0 spiro atoms. The van der Waals surface area contributed by atoms with Crippen LogP contribution in [0.15, 0.2) is 81.7 Å². The van der Waals surface area contributed by atoms with E-state index in [0.717, 1.165) is 26.2 Å². The smallest absolute Gasteiger partial charge is 0.242 e. The van der Waals surface area contributed by atoms with Crippen LogP contribution in [0.3, 0.4) is 0 Å². The van der Waals surface area contributed by atoms with Gasteiger partial charge in [-0.3, -0.25) is 9.69 Å². The number of thioether (sulfide) groups is 1. The molecule has 2 heterocycles. The third-order valence-electron chi connectivity index (χ3n) is 3.72. The van der Waals surface area contributed by atoms with Gasteiger partial charge in [0.15, 0.2) is 0 Å². The molecule has 0 bridgehead atoms. The minimum atomic E-state index is 0.00641. The minimum absolute atomic E-state index is 0.00641. The Bertz CT molecular complexity index is 934. The van der Waals surface area contributed by atoms with E-state index in [1.54, 1.807) is 22.9 Å². The number of pyridine rings is 1. The Morgan fingerprint density at radius 2 is 1.84 bits per heavy atom. The van der Waals surface area contributed by atoms with Crippen LogP contribution in [0.4, 0.5) is 11.4 Å². The van der Waals surface area contributed by atoms with E-state index in [1.807, 2.05) is 60.7 Å². The number of hydrogen-bond acceptors (Lipinski definition) is 4. The second kappa shape index (κ2) is 7.12. The molecule has 0 fully saturated rings. The van der Waals surface area contributed by atoms with Crippen molar-refractivity contribution in [3.8, 4) is 0 Å². The van der Waals surface area contributed by atoms with Crippen molar-refractivity contribution >= 4 is 52.4 Å². The number of rotatable bonds is 3. The predicted molar refractivity (Wildman–Crippen MR) is 104 cm³/mol. The molecule has 0 radical (unpaired) electrons. The number of benzene rings is 2. The molecular weight excluding hydrogens is 372 g/mol. The molecule has 1 aliphatic heterocycles. The van der Waals surface area contributed by atoms with Crippen LogP contribution in [0.25, 0.3) is 0 Å². The summed E-state index contributed by atoms with van der Waals surface area (Å²) in [4.78, 5) is 21.2. The van der Waals surface area contributed by atoms with Crippen molar-refractivity contribution in [1.82, 2.24) is 4.98 Å². The maximum absolute atomic E-state index is 13.0. The summed E-state index contributed by atoms with van der Waals surface area (Å²) in [6, 6.07) is 19.3. The van der Waals surface area contributed by atoms with Crippen LogP contribution in [0.1, 0.15) is 0 Å². The summed E-state index contributed by atoms with van der Waals surface area (Å²) < 4.78 is 0. The Morgan fingerprint density at radius 1 is 1.04 bits per heavy atom. The highest BCUT2D eigenvalue weighted by Crippen LogP contribution is 2.48. The highest BCUT2D eigenvalue weighted by atomic mass is 35.5. The van der Waals surface area contributed by atoms with Crippen LogP contribution < -0.4 is 4.90 Å². The maximum atomic E-state index is 13.0. The fraction of sp³-hybridized carbons (Fsp3) is 0.0526. The van der Waals surface area contributed by atoms with E-state index in [0.29, 0.717) is 10.8 Å². The van der Waals surface area contributed by atoms with Gasteiger partial charge in [-0.2, -0.15) is 0 Å².